The first-order valence-corrected chi connectivity index (χ1v) is 7.36. The van der Waals surface area contributed by atoms with Crippen LogP contribution >= 0.6 is 0 Å². The van der Waals surface area contributed by atoms with E-state index in [0.29, 0.717) is 18.2 Å². The molecule has 0 bridgehead atoms. The van der Waals surface area contributed by atoms with E-state index >= 15 is 0 Å². The number of nitrogens with zero attached hydrogens (tertiary/aromatic N) is 3. The van der Waals surface area contributed by atoms with E-state index in [-0.39, 0.29) is 17.9 Å². The van der Waals surface area contributed by atoms with Gasteiger partial charge >= 0.3 is 6.03 Å². The van der Waals surface area contributed by atoms with Crippen LogP contribution in [0.15, 0.2) is 36.7 Å². The van der Waals surface area contributed by atoms with E-state index in [2.05, 4.69) is 15.3 Å². The highest BCUT2D eigenvalue weighted by atomic mass is 19.1. The van der Waals surface area contributed by atoms with E-state index in [1.54, 1.807) is 17.0 Å². The summed E-state index contributed by atoms with van der Waals surface area (Å²) in [5.41, 5.74) is 0.804. The maximum absolute atomic E-state index is 13.4. The highest BCUT2D eigenvalue weighted by Gasteiger charge is 2.30. The van der Waals surface area contributed by atoms with Gasteiger partial charge in [-0.25, -0.2) is 19.2 Å². The number of benzene rings is 1. The lowest BCUT2D eigenvalue weighted by atomic mass is 10.0. The number of ether oxygens (including phenoxy) is 1. The summed E-state index contributed by atoms with van der Waals surface area (Å²) in [6.45, 7) is 0.620. The van der Waals surface area contributed by atoms with Crippen molar-refractivity contribution in [2.24, 2.45) is 0 Å². The summed E-state index contributed by atoms with van der Waals surface area (Å²) in [5.74, 6) is 0.445. The number of amides is 2. The van der Waals surface area contributed by atoms with Crippen LogP contribution < -0.4 is 10.1 Å². The van der Waals surface area contributed by atoms with Crippen LogP contribution in [0.5, 0.6) is 5.88 Å². The van der Waals surface area contributed by atoms with Crippen LogP contribution in [-0.2, 0) is 0 Å². The molecule has 0 unspecified atom stereocenters. The van der Waals surface area contributed by atoms with E-state index in [1.165, 1.54) is 25.6 Å². The summed E-state index contributed by atoms with van der Waals surface area (Å²) in [6.07, 6.45) is 3.01. The molecule has 3 rings (SSSR count). The smallest absolute Gasteiger partial charge is 0.323 e. The molecule has 0 spiro atoms. The number of methoxy groups -OCH3 is 1. The fourth-order valence-corrected chi connectivity index (χ4v) is 2.77. The predicted molar refractivity (Wildman–Crippen MR) is 82.7 cm³/mol. The van der Waals surface area contributed by atoms with Gasteiger partial charge in [0.15, 0.2) is 0 Å². The van der Waals surface area contributed by atoms with Crippen molar-refractivity contribution in [3.8, 4) is 5.88 Å². The molecule has 2 aromatic rings. The van der Waals surface area contributed by atoms with Gasteiger partial charge in [-0.15, -0.1) is 0 Å². The Balaban J connectivity index is 1.75. The standard InChI is InChI=1S/C16H17FN4O2/c1-23-15-9-14(18-10-19-15)20-16(22)21-7-3-6-13(21)11-4-2-5-12(17)8-11/h2,4-5,8-10,13H,3,6-7H2,1H3,(H,18,19,20,22)/t13-/m0/s1. The fraction of sp³-hybridized carbons (Fsp3) is 0.312. The highest BCUT2D eigenvalue weighted by Crippen LogP contribution is 2.32. The molecule has 0 radical (unpaired) electrons. The summed E-state index contributed by atoms with van der Waals surface area (Å²) in [4.78, 5) is 22.1. The molecule has 120 valence electrons. The van der Waals surface area contributed by atoms with Crippen LogP contribution in [0.1, 0.15) is 24.4 Å². The number of halogens is 1. The number of hydrogen-bond donors (Lipinski definition) is 1. The molecule has 2 heterocycles. The number of nitrogens with one attached hydrogen (secondary N) is 1. The Labute approximate surface area is 133 Å². The first-order chi connectivity index (χ1) is 11.2. The average molecular weight is 316 g/mol. The molecule has 1 aliphatic heterocycles. The van der Waals surface area contributed by atoms with E-state index in [0.717, 1.165) is 18.4 Å². The Morgan fingerprint density at radius 3 is 3.04 bits per heavy atom. The van der Waals surface area contributed by atoms with Crippen LogP contribution in [0.2, 0.25) is 0 Å². The molecule has 0 aliphatic carbocycles. The minimum absolute atomic E-state index is 0.130. The molecule has 2 amide bonds. The highest BCUT2D eigenvalue weighted by molar-refractivity contribution is 5.88. The van der Waals surface area contributed by atoms with Gasteiger partial charge in [-0.05, 0) is 30.5 Å². The Hall–Kier alpha value is -2.70. The number of aromatic nitrogens is 2. The molecule has 7 heteroatoms. The first kappa shape index (κ1) is 15.2. The molecule has 1 N–H and O–H groups in total. The topological polar surface area (TPSA) is 67.3 Å². The SMILES string of the molecule is COc1cc(NC(=O)N2CCC[C@H]2c2cccc(F)c2)ncn1. The summed E-state index contributed by atoms with van der Waals surface area (Å²) in [5, 5.41) is 2.74. The van der Waals surface area contributed by atoms with Crippen molar-refractivity contribution in [3.05, 3.63) is 48.0 Å². The second-order valence-corrected chi connectivity index (χ2v) is 5.28. The van der Waals surface area contributed by atoms with E-state index in [4.69, 9.17) is 4.74 Å². The Bertz CT molecular complexity index is 710. The third-order valence-corrected chi connectivity index (χ3v) is 3.83. The van der Waals surface area contributed by atoms with Gasteiger partial charge in [0.2, 0.25) is 5.88 Å². The van der Waals surface area contributed by atoms with Crippen LogP contribution in [-0.4, -0.2) is 34.6 Å². The molecule has 1 aliphatic rings. The van der Waals surface area contributed by atoms with Crippen molar-refractivity contribution in [2.75, 3.05) is 19.0 Å². The lowest BCUT2D eigenvalue weighted by Crippen LogP contribution is -2.34. The molecular formula is C16H17FN4O2. The van der Waals surface area contributed by atoms with Gasteiger partial charge in [-0.3, -0.25) is 5.32 Å². The van der Waals surface area contributed by atoms with Crippen LogP contribution in [0.4, 0.5) is 15.0 Å². The molecule has 23 heavy (non-hydrogen) atoms. The van der Waals surface area contributed by atoms with Crippen molar-refractivity contribution >= 4 is 11.8 Å². The second kappa shape index (κ2) is 6.60. The predicted octanol–water partition coefficient (Wildman–Crippen LogP) is 2.99. The van der Waals surface area contributed by atoms with Crippen molar-refractivity contribution in [1.82, 2.24) is 14.9 Å². The van der Waals surface area contributed by atoms with Crippen molar-refractivity contribution < 1.29 is 13.9 Å². The molecular weight excluding hydrogens is 299 g/mol. The van der Waals surface area contributed by atoms with Gasteiger partial charge in [0.1, 0.15) is 18.0 Å². The number of anilines is 1. The minimum atomic E-state index is -0.296. The third kappa shape index (κ3) is 3.39. The van der Waals surface area contributed by atoms with Crippen molar-refractivity contribution in [1.29, 1.82) is 0 Å². The maximum atomic E-state index is 13.4. The number of urea groups is 1. The van der Waals surface area contributed by atoms with Gasteiger partial charge < -0.3 is 9.64 Å². The zero-order valence-electron chi connectivity index (χ0n) is 12.7. The van der Waals surface area contributed by atoms with Crippen LogP contribution in [0, 0.1) is 5.82 Å². The number of rotatable bonds is 3. The Morgan fingerprint density at radius 1 is 1.39 bits per heavy atom. The van der Waals surface area contributed by atoms with E-state index in [1.807, 2.05) is 6.07 Å². The van der Waals surface area contributed by atoms with Crippen LogP contribution in [0.25, 0.3) is 0 Å². The van der Waals surface area contributed by atoms with Crippen molar-refractivity contribution in [2.45, 2.75) is 18.9 Å². The van der Waals surface area contributed by atoms with E-state index in [9.17, 15) is 9.18 Å². The average Bonchev–Trinajstić information content (AvgIpc) is 3.05. The second-order valence-electron chi connectivity index (χ2n) is 5.28. The number of likely N-dealkylation sites (tertiary alicyclic amines) is 1. The monoisotopic (exact) mass is 316 g/mol. The fourth-order valence-electron chi connectivity index (χ4n) is 2.77. The molecule has 1 aromatic heterocycles. The van der Waals surface area contributed by atoms with Gasteiger partial charge in [-0.2, -0.15) is 0 Å². The van der Waals surface area contributed by atoms with Crippen LogP contribution in [0.3, 0.4) is 0 Å². The molecule has 0 saturated carbocycles. The van der Waals surface area contributed by atoms with Gasteiger partial charge in [0, 0.05) is 12.6 Å². The Morgan fingerprint density at radius 2 is 2.26 bits per heavy atom. The zero-order chi connectivity index (χ0) is 16.2. The third-order valence-electron chi connectivity index (χ3n) is 3.83. The summed E-state index contributed by atoms with van der Waals surface area (Å²) in [6, 6.07) is 7.53. The van der Waals surface area contributed by atoms with E-state index < -0.39 is 0 Å². The van der Waals surface area contributed by atoms with Gasteiger partial charge in [0.25, 0.3) is 0 Å². The largest absolute Gasteiger partial charge is 0.481 e. The first-order valence-electron chi connectivity index (χ1n) is 7.36. The van der Waals surface area contributed by atoms with Gasteiger partial charge in [0.05, 0.1) is 13.2 Å². The normalized spacial score (nSPS) is 17.1. The summed E-state index contributed by atoms with van der Waals surface area (Å²) < 4.78 is 18.4. The zero-order valence-corrected chi connectivity index (χ0v) is 12.7. The molecule has 1 saturated heterocycles. The number of hydrogen-bond acceptors (Lipinski definition) is 4. The van der Waals surface area contributed by atoms with Gasteiger partial charge in [-0.1, -0.05) is 12.1 Å². The summed E-state index contributed by atoms with van der Waals surface area (Å²) in [7, 11) is 1.49. The van der Waals surface area contributed by atoms with Crippen molar-refractivity contribution in [3.63, 3.8) is 0 Å². The lowest BCUT2D eigenvalue weighted by molar-refractivity contribution is 0.207. The quantitative estimate of drug-likeness (QED) is 0.945. The molecule has 1 aromatic carbocycles. The summed E-state index contributed by atoms with van der Waals surface area (Å²) >= 11 is 0. The molecule has 1 atom stereocenters. The molecule has 1 fully saturated rings. The lowest BCUT2D eigenvalue weighted by Gasteiger charge is -2.25. The number of carbonyl (C=O) groups is 1. The molecule has 6 nitrogen and oxygen atoms in total. The minimum Gasteiger partial charge on any atom is -0.481 e. The number of carbonyl (C=O) groups excluding carboxylic acids is 1. The maximum Gasteiger partial charge on any atom is 0.323 e. The Kier molecular flexibility index (Phi) is 4.36.